The first-order valence-electron chi connectivity index (χ1n) is 8.25. The van der Waals surface area contributed by atoms with Gasteiger partial charge in [-0.15, -0.1) is 0 Å². The summed E-state index contributed by atoms with van der Waals surface area (Å²) in [6, 6.07) is 5.57. The van der Waals surface area contributed by atoms with Crippen LogP contribution in [0.5, 0.6) is 0 Å². The quantitative estimate of drug-likeness (QED) is 0.597. The lowest BCUT2D eigenvalue weighted by atomic mass is 10.0. The number of rotatable bonds is 7. The van der Waals surface area contributed by atoms with E-state index in [1.165, 1.54) is 12.8 Å². The van der Waals surface area contributed by atoms with Crippen LogP contribution in [-0.2, 0) is 4.79 Å². The molecule has 1 aliphatic rings. The summed E-state index contributed by atoms with van der Waals surface area (Å²) in [5, 5.41) is 17.3. The van der Waals surface area contributed by atoms with Crippen LogP contribution in [0.25, 0.3) is 0 Å². The Hall–Kier alpha value is -1.95. The molecule has 0 aromatic heterocycles. The van der Waals surface area contributed by atoms with Gasteiger partial charge in [0.05, 0.1) is 4.92 Å². The lowest BCUT2D eigenvalue weighted by Crippen LogP contribution is -2.34. The normalized spacial score (nSPS) is 16.3. The van der Waals surface area contributed by atoms with E-state index in [9.17, 15) is 14.9 Å². The third kappa shape index (κ3) is 5.03. The molecule has 6 heteroatoms. The highest BCUT2D eigenvalue weighted by Gasteiger charge is 2.17. The van der Waals surface area contributed by atoms with Gasteiger partial charge in [-0.25, -0.2) is 0 Å². The maximum atomic E-state index is 11.9. The Labute approximate surface area is 136 Å². The third-order valence-corrected chi connectivity index (χ3v) is 4.45. The number of aryl methyl sites for hydroxylation is 1. The Balaban J connectivity index is 1.80. The standard InChI is InChI=1S/C17H25N3O3/c1-12-7-8-14(11-16(12)20(22)23)13(2)18-10-9-17(21)19-15-5-3-4-6-15/h7-8,11,13,15,18H,3-6,9-10H2,1-2H3,(H,19,21)/t13-/m0/s1. The molecular formula is C17H25N3O3. The van der Waals surface area contributed by atoms with E-state index in [-0.39, 0.29) is 22.6 Å². The first kappa shape index (κ1) is 17.4. The van der Waals surface area contributed by atoms with Gasteiger partial charge in [-0.2, -0.15) is 0 Å². The summed E-state index contributed by atoms with van der Waals surface area (Å²) in [5.74, 6) is 0.0755. The average molecular weight is 319 g/mol. The van der Waals surface area contributed by atoms with Crippen LogP contribution in [0.2, 0.25) is 0 Å². The van der Waals surface area contributed by atoms with Crippen LogP contribution in [0.1, 0.15) is 56.2 Å². The molecular weight excluding hydrogens is 294 g/mol. The largest absolute Gasteiger partial charge is 0.353 e. The minimum atomic E-state index is -0.361. The van der Waals surface area contributed by atoms with Crippen LogP contribution in [0.3, 0.4) is 0 Å². The van der Waals surface area contributed by atoms with Crippen LogP contribution in [0.4, 0.5) is 5.69 Å². The fourth-order valence-electron chi connectivity index (χ4n) is 2.98. The number of nitro benzene ring substituents is 1. The van der Waals surface area contributed by atoms with Crippen molar-refractivity contribution >= 4 is 11.6 Å². The van der Waals surface area contributed by atoms with Gasteiger partial charge >= 0.3 is 0 Å². The number of nitrogens with zero attached hydrogens (tertiary/aromatic N) is 1. The minimum Gasteiger partial charge on any atom is -0.353 e. The zero-order valence-corrected chi connectivity index (χ0v) is 13.8. The number of hydrogen-bond donors (Lipinski definition) is 2. The average Bonchev–Trinajstić information content (AvgIpc) is 3.00. The second kappa shape index (κ2) is 8.06. The maximum Gasteiger partial charge on any atom is 0.272 e. The highest BCUT2D eigenvalue weighted by atomic mass is 16.6. The molecule has 1 fully saturated rings. The van der Waals surface area contributed by atoms with Crippen molar-refractivity contribution in [2.45, 2.75) is 58.0 Å². The summed E-state index contributed by atoms with van der Waals surface area (Å²) in [5.41, 5.74) is 1.65. The van der Waals surface area contributed by atoms with Gasteiger partial charge in [0.25, 0.3) is 5.69 Å². The Bertz CT molecular complexity index is 568. The summed E-state index contributed by atoms with van der Waals surface area (Å²) < 4.78 is 0. The second-order valence-corrected chi connectivity index (χ2v) is 6.28. The highest BCUT2D eigenvalue weighted by molar-refractivity contribution is 5.76. The molecule has 0 aliphatic heterocycles. The summed E-state index contributed by atoms with van der Waals surface area (Å²) in [4.78, 5) is 22.5. The molecule has 6 nitrogen and oxygen atoms in total. The van der Waals surface area contributed by atoms with Gasteiger partial charge in [-0.3, -0.25) is 14.9 Å². The zero-order valence-electron chi connectivity index (χ0n) is 13.8. The molecule has 1 atom stereocenters. The fourth-order valence-corrected chi connectivity index (χ4v) is 2.98. The Morgan fingerprint density at radius 2 is 2.09 bits per heavy atom. The van der Waals surface area contributed by atoms with E-state index in [2.05, 4.69) is 10.6 Å². The summed E-state index contributed by atoms with van der Waals surface area (Å²) in [6.07, 6.45) is 5.00. The van der Waals surface area contributed by atoms with Gasteiger partial charge in [0, 0.05) is 36.7 Å². The monoisotopic (exact) mass is 319 g/mol. The maximum absolute atomic E-state index is 11.9. The van der Waals surface area contributed by atoms with Gasteiger partial charge in [0.2, 0.25) is 5.91 Å². The van der Waals surface area contributed by atoms with Gasteiger partial charge < -0.3 is 10.6 Å². The predicted molar refractivity (Wildman–Crippen MR) is 89.3 cm³/mol. The Morgan fingerprint density at radius 1 is 1.39 bits per heavy atom. The van der Waals surface area contributed by atoms with E-state index in [1.54, 1.807) is 19.1 Å². The molecule has 0 heterocycles. The van der Waals surface area contributed by atoms with Crippen molar-refractivity contribution in [1.82, 2.24) is 10.6 Å². The molecule has 1 amide bonds. The van der Waals surface area contributed by atoms with Crippen molar-refractivity contribution < 1.29 is 9.72 Å². The highest BCUT2D eigenvalue weighted by Crippen LogP contribution is 2.23. The number of carbonyl (C=O) groups excluding carboxylic acids is 1. The van der Waals surface area contributed by atoms with Gasteiger partial charge in [0.15, 0.2) is 0 Å². The van der Waals surface area contributed by atoms with Crippen LogP contribution in [0.15, 0.2) is 18.2 Å². The molecule has 1 aromatic rings. The van der Waals surface area contributed by atoms with Crippen molar-refractivity contribution in [2.24, 2.45) is 0 Å². The molecule has 23 heavy (non-hydrogen) atoms. The zero-order chi connectivity index (χ0) is 16.8. The summed E-state index contributed by atoms with van der Waals surface area (Å²) in [6.45, 7) is 4.23. The van der Waals surface area contributed by atoms with Crippen molar-refractivity contribution in [3.8, 4) is 0 Å². The van der Waals surface area contributed by atoms with E-state index < -0.39 is 0 Å². The molecule has 0 unspecified atom stereocenters. The van der Waals surface area contributed by atoms with E-state index >= 15 is 0 Å². The fraction of sp³-hybridized carbons (Fsp3) is 0.588. The van der Waals surface area contributed by atoms with E-state index in [0.29, 0.717) is 24.6 Å². The molecule has 0 saturated heterocycles. The number of benzene rings is 1. The Kier molecular flexibility index (Phi) is 6.10. The number of carbonyl (C=O) groups is 1. The summed E-state index contributed by atoms with van der Waals surface area (Å²) >= 11 is 0. The first-order chi connectivity index (χ1) is 11.0. The van der Waals surface area contributed by atoms with Crippen LogP contribution in [0, 0.1) is 17.0 Å². The molecule has 2 rings (SSSR count). The van der Waals surface area contributed by atoms with Gasteiger partial charge in [0.1, 0.15) is 0 Å². The van der Waals surface area contributed by atoms with E-state index in [1.807, 2.05) is 13.0 Å². The third-order valence-electron chi connectivity index (χ3n) is 4.45. The SMILES string of the molecule is Cc1ccc([C@H](C)NCCC(=O)NC2CCCC2)cc1[N+](=O)[O-]. The Morgan fingerprint density at radius 3 is 2.74 bits per heavy atom. The lowest BCUT2D eigenvalue weighted by molar-refractivity contribution is -0.385. The number of nitro groups is 1. The van der Waals surface area contributed by atoms with Crippen molar-refractivity contribution in [1.29, 1.82) is 0 Å². The molecule has 2 N–H and O–H groups in total. The molecule has 0 spiro atoms. The predicted octanol–water partition coefficient (Wildman–Crippen LogP) is 3.00. The topological polar surface area (TPSA) is 84.3 Å². The van der Waals surface area contributed by atoms with Crippen molar-refractivity contribution in [2.75, 3.05) is 6.54 Å². The van der Waals surface area contributed by atoms with Crippen LogP contribution >= 0.6 is 0 Å². The van der Waals surface area contributed by atoms with Crippen LogP contribution < -0.4 is 10.6 Å². The smallest absolute Gasteiger partial charge is 0.272 e. The lowest BCUT2D eigenvalue weighted by Gasteiger charge is -2.16. The van der Waals surface area contributed by atoms with Crippen LogP contribution in [-0.4, -0.2) is 23.4 Å². The van der Waals surface area contributed by atoms with Gasteiger partial charge in [-0.1, -0.05) is 25.0 Å². The first-order valence-corrected chi connectivity index (χ1v) is 8.25. The second-order valence-electron chi connectivity index (χ2n) is 6.28. The number of nitrogens with one attached hydrogen (secondary N) is 2. The van der Waals surface area contributed by atoms with Crippen molar-refractivity contribution in [3.05, 3.63) is 39.4 Å². The molecule has 1 aromatic carbocycles. The molecule has 126 valence electrons. The summed E-state index contributed by atoms with van der Waals surface area (Å²) in [7, 11) is 0. The molecule has 1 aliphatic carbocycles. The van der Waals surface area contributed by atoms with E-state index in [0.717, 1.165) is 18.4 Å². The van der Waals surface area contributed by atoms with Crippen molar-refractivity contribution in [3.63, 3.8) is 0 Å². The van der Waals surface area contributed by atoms with Gasteiger partial charge in [-0.05, 0) is 32.3 Å². The minimum absolute atomic E-state index is 0.0337. The van der Waals surface area contributed by atoms with E-state index in [4.69, 9.17) is 0 Å². The molecule has 1 saturated carbocycles. The number of amides is 1. The molecule has 0 bridgehead atoms. The molecule has 0 radical (unpaired) electrons. The number of hydrogen-bond acceptors (Lipinski definition) is 4.